The fourth-order valence-corrected chi connectivity index (χ4v) is 2.96. The Kier molecular flexibility index (Phi) is 22.1. The van der Waals surface area contributed by atoms with Crippen molar-refractivity contribution < 1.29 is 29.2 Å². The van der Waals surface area contributed by atoms with E-state index in [1.54, 1.807) is 0 Å². The summed E-state index contributed by atoms with van der Waals surface area (Å²) in [6.45, 7) is 7.99. The second-order valence-electron chi connectivity index (χ2n) is 5.71. The van der Waals surface area contributed by atoms with Gasteiger partial charge in [0.1, 0.15) is 12.2 Å². The maximum atomic E-state index is 9.70. The molecule has 26 heavy (non-hydrogen) atoms. The average molecular weight is 415 g/mol. The van der Waals surface area contributed by atoms with Gasteiger partial charge in [-0.25, -0.2) is 0 Å². The molecule has 0 saturated carbocycles. The number of aliphatic hydroxyl groups is 2. The molecule has 0 aliphatic heterocycles. The van der Waals surface area contributed by atoms with Gasteiger partial charge in [-0.2, -0.15) is 23.5 Å². The zero-order valence-electron chi connectivity index (χ0n) is 16.4. The summed E-state index contributed by atoms with van der Waals surface area (Å²) in [6, 6.07) is 0. The lowest BCUT2D eigenvalue weighted by Crippen LogP contribution is -2.23. The van der Waals surface area contributed by atoms with Gasteiger partial charge in [-0.05, 0) is 24.3 Å². The summed E-state index contributed by atoms with van der Waals surface area (Å²) in [6.07, 6.45) is 0.593. The Labute approximate surface area is 167 Å². The van der Waals surface area contributed by atoms with Crippen LogP contribution in [0.5, 0.6) is 0 Å². The number of rotatable bonds is 21. The van der Waals surface area contributed by atoms with Crippen molar-refractivity contribution in [3.8, 4) is 0 Å². The smallest absolute Gasteiger partial charge is 0.101 e. The van der Waals surface area contributed by atoms with Gasteiger partial charge in [-0.15, -0.1) is 0 Å². The molecular weight excluding hydrogens is 376 g/mol. The first-order valence-corrected chi connectivity index (χ1v) is 11.8. The summed E-state index contributed by atoms with van der Waals surface area (Å²) in [5.41, 5.74) is 0. The molecule has 6 nitrogen and oxygen atoms in total. The molecule has 0 aromatic rings. The minimum atomic E-state index is -0.566. The van der Waals surface area contributed by atoms with E-state index in [9.17, 15) is 10.2 Å². The summed E-state index contributed by atoms with van der Waals surface area (Å²) in [5.74, 6) is 4.10. The molecular formula is C18H38O6S2. The minimum Gasteiger partial charge on any atom is -0.388 e. The van der Waals surface area contributed by atoms with E-state index in [-0.39, 0.29) is 0 Å². The van der Waals surface area contributed by atoms with Crippen molar-refractivity contribution in [1.29, 1.82) is 0 Å². The fraction of sp³-hybridized carbons (Fsp3) is 1.00. The maximum absolute atomic E-state index is 9.70. The molecule has 8 heteroatoms. The zero-order valence-corrected chi connectivity index (χ0v) is 18.0. The van der Waals surface area contributed by atoms with Crippen LogP contribution in [0.25, 0.3) is 0 Å². The van der Waals surface area contributed by atoms with Crippen LogP contribution in [-0.4, -0.2) is 98.3 Å². The maximum Gasteiger partial charge on any atom is 0.101 e. The Balaban J connectivity index is 3.22. The van der Waals surface area contributed by atoms with Crippen LogP contribution in [0.4, 0.5) is 0 Å². The molecule has 0 fully saturated rings. The second-order valence-corrected chi connectivity index (χ2v) is 8.50. The van der Waals surface area contributed by atoms with E-state index in [4.69, 9.17) is 18.9 Å². The highest BCUT2D eigenvalue weighted by Crippen LogP contribution is 2.00. The van der Waals surface area contributed by atoms with Crippen molar-refractivity contribution in [2.75, 3.05) is 75.9 Å². The lowest BCUT2D eigenvalue weighted by atomic mass is 10.3. The quantitative estimate of drug-likeness (QED) is 0.276. The van der Waals surface area contributed by atoms with Crippen LogP contribution < -0.4 is 0 Å². The highest BCUT2D eigenvalue weighted by atomic mass is 32.2. The second kappa shape index (κ2) is 21.8. The molecule has 0 spiro atoms. The summed E-state index contributed by atoms with van der Waals surface area (Å²) >= 11 is 3.65. The van der Waals surface area contributed by atoms with Gasteiger partial charge in [-0.1, -0.05) is 13.8 Å². The molecule has 2 N–H and O–H groups in total. The van der Waals surface area contributed by atoms with Gasteiger partial charge in [0.2, 0.25) is 0 Å². The number of hydrogen-bond acceptors (Lipinski definition) is 8. The van der Waals surface area contributed by atoms with E-state index < -0.39 is 12.2 Å². The van der Waals surface area contributed by atoms with E-state index >= 15 is 0 Å². The zero-order chi connectivity index (χ0) is 19.3. The first-order valence-electron chi connectivity index (χ1n) is 9.53. The van der Waals surface area contributed by atoms with Crippen LogP contribution in [0.2, 0.25) is 0 Å². The first kappa shape index (κ1) is 26.5. The van der Waals surface area contributed by atoms with Gasteiger partial charge in [-0.3, -0.25) is 0 Å². The largest absolute Gasteiger partial charge is 0.388 e. The van der Waals surface area contributed by atoms with E-state index in [1.807, 2.05) is 23.5 Å². The highest BCUT2D eigenvalue weighted by Gasteiger charge is 2.05. The Morgan fingerprint density at radius 2 is 0.962 bits per heavy atom. The van der Waals surface area contributed by atoms with Crippen LogP contribution >= 0.6 is 23.5 Å². The molecule has 0 aliphatic rings. The highest BCUT2D eigenvalue weighted by molar-refractivity contribution is 7.99. The van der Waals surface area contributed by atoms with Crippen LogP contribution in [-0.2, 0) is 18.9 Å². The van der Waals surface area contributed by atoms with E-state index in [2.05, 4.69) is 13.8 Å². The van der Waals surface area contributed by atoms with Gasteiger partial charge in [0, 0.05) is 24.7 Å². The molecule has 2 atom stereocenters. The van der Waals surface area contributed by atoms with E-state index in [1.165, 1.54) is 0 Å². The summed E-state index contributed by atoms with van der Waals surface area (Å²) < 4.78 is 21.6. The van der Waals surface area contributed by atoms with Gasteiger partial charge in [0.15, 0.2) is 0 Å². The molecule has 0 heterocycles. The molecule has 0 aromatic heterocycles. The molecule has 0 aromatic carbocycles. The minimum absolute atomic E-state index is 0.300. The lowest BCUT2D eigenvalue weighted by Gasteiger charge is -2.13. The van der Waals surface area contributed by atoms with Crippen molar-refractivity contribution in [2.24, 2.45) is 0 Å². The predicted molar refractivity (Wildman–Crippen MR) is 111 cm³/mol. The average Bonchev–Trinajstić information content (AvgIpc) is 2.63. The Bertz CT molecular complexity index is 248. The Hall–Kier alpha value is 0.460. The van der Waals surface area contributed by atoms with Gasteiger partial charge < -0.3 is 29.2 Å². The number of ether oxygens (including phenoxy) is 4. The molecule has 0 radical (unpaired) electrons. The van der Waals surface area contributed by atoms with Crippen LogP contribution in [0, 0.1) is 0 Å². The Morgan fingerprint density at radius 1 is 0.615 bits per heavy atom. The molecule has 0 bridgehead atoms. The third-order valence-electron chi connectivity index (χ3n) is 3.22. The van der Waals surface area contributed by atoms with Crippen LogP contribution in [0.15, 0.2) is 0 Å². The summed E-state index contributed by atoms with van der Waals surface area (Å²) in [7, 11) is 0. The predicted octanol–water partition coefficient (Wildman–Crippen LogP) is 2.06. The first-order chi connectivity index (χ1) is 12.7. The number of hydrogen-bond donors (Lipinski definition) is 2. The van der Waals surface area contributed by atoms with Gasteiger partial charge >= 0.3 is 0 Å². The van der Waals surface area contributed by atoms with Crippen molar-refractivity contribution in [3.63, 3.8) is 0 Å². The monoisotopic (exact) mass is 414 g/mol. The van der Waals surface area contributed by atoms with E-state index in [0.717, 1.165) is 35.9 Å². The van der Waals surface area contributed by atoms with Crippen molar-refractivity contribution >= 4 is 23.5 Å². The normalized spacial score (nSPS) is 13.8. The summed E-state index contributed by atoms with van der Waals surface area (Å²) in [5, 5.41) is 19.4. The number of thioether (sulfide) groups is 2. The van der Waals surface area contributed by atoms with Gasteiger partial charge in [0.25, 0.3) is 0 Å². The van der Waals surface area contributed by atoms with E-state index in [0.29, 0.717) is 52.9 Å². The fourth-order valence-electron chi connectivity index (χ4n) is 1.91. The molecule has 158 valence electrons. The number of unbranched alkanes of at least 4 members (excludes halogenated alkanes) is 1. The standard InChI is InChI=1S/C18H38O6S2/c1-3-25-11-9-23-15-17(19)13-21-7-5-6-8-22-14-18(20)16-24-10-12-26-4-2/h17-20H,3-16H2,1-2H3. The third-order valence-corrected chi connectivity index (χ3v) is 4.95. The lowest BCUT2D eigenvalue weighted by molar-refractivity contribution is -0.0236. The van der Waals surface area contributed by atoms with Crippen LogP contribution in [0.1, 0.15) is 26.7 Å². The van der Waals surface area contributed by atoms with Gasteiger partial charge in [0.05, 0.1) is 39.6 Å². The van der Waals surface area contributed by atoms with Crippen molar-refractivity contribution in [2.45, 2.75) is 38.9 Å². The SMILES string of the molecule is CCSCCOCC(O)COCCCCOCC(O)COCCSCC. The van der Waals surface area contributed by atoms with Crippen molar-refractivity contribution in [3.05, 3.63) is 0 Å². The van der Waals surface area contributed by atoms with Crippen LogP contribution in [0.3, 0.4) is 0 Å². The topological polar surface area (TPSA) is 77.4 Å². The molecule has 0 amide bonds. The molecule has 0 rings (SSSR count). The molecule has 0 saturated heterocycles. The Morgan fingerprint density at radius 3 is 1.31 bits per heavy atom. The molecule has 0 aliphatic carbocycles. The summed E-state index contributed by atoms with van der Waals surface area (Å²) in [4.78, 5) is 0. The van der Waals surface area contributed by atoms with Crippen molar-refractivity contribution in [1.82, 2.24) is 0 Å². The third kappa shape index (κ3) is 20.8. The molecule has 2 unspecified atom stereocenters. The number of aliphatic hydroxyl groups excluding tert-OH is 2.